The summed E-state index contributed by atoms with van der Waals surface area (Å²) in [5.41, 5.74) is 0. The number of nitrogens with zero attached hydrogens (tertiary/aromatic N) is 2. The van der Waals surface area contributed by atoms with Crippen LogP contribution in [-0.4, -0.2) is 36.7 Å². The van der Waals surface area contributed by atoms with Crippen LogP contribution in [0.1, 0.15) is 6.92 Å². The van der Waals surface area contributed by atoms with Crippen LogP contribution >= 0.6 is 23.1 Å². The van der Waals surface area contributed by atoms with Crippen molar-refractivity contribution < 1.29 is 13.2 Å². The molecule has 17 heavy (non-hydrogen) atoms. The molecule has 92 valence electrons. The second kappa shape index (κ2) is 4.79. The van der Waals surface area contributed by atoms with Crippen molar-refractivity contribution in [3.8, 4) is 0 Å². The Morgan fingerprint density at radius 3 is 2.88 bits per heavy atom. The Morgan fingerprint density at radius 2 is 2.29 bits per heavy atom. The molecule has 0 atom stereocenters. The number of carbonyl (C=O) groups excluding carboxylic acids is 1. The van der Waals surface area contributed by atoms with Gasteiger partial charge in [-0.1, -0.05) is 17.8 Å². The highest BCUT2D eigenvalue weighted by atomic mass is 32.2. The standard InChI is InChI=1S/C9H10N2O3S3/c1-2-11-7(12)6-16-9(11)10-17(13,14)8-4-3-5-15-8/h3-5H,2,6H2,1H3/b10-9-. The molecule has 8 heteroatoms. The van der Waals surface area contributed by atoms with Gasteiger partial charge >= 0.3 is 0 Å². The van der Waals surface area contributed by atoms with Gasteiger partial charge in [-0.2, -0.15) is 8.42 Å². The first kappa shape index (κ1) is 12.6. The topological polar surface area (TPSA) is 66.8 Å². The number of amides is 1. The number of amidine groups is 1. The summed E-state index contributed by atoms with van der Waals surface area (Å²) in [6, 6.07) is 3.16. The highest BCUT2D eigenvalue weighted by Crippen LogP contribution is 2.24. The zero-order valence-corrected chi connectivity index (χ0v) is 11.4. The van der Waals surface area contributed by atoms with E-state index in [-0.39, 0.29) is 21.0 Å². The maximum atomic E-state index is 11.9. The van der Waals surface area contributed by atoms with E-state index in [2.05, 4.69) is 4.40 Å². The molecule has 0 N–H and O–H groups in total. The van der Waals surface area contributed by atoms with Gasteiger partial charge in [0.25, 0.3) is 10.0 Å². The smallest absolute Gasteiger partial charge is 0.290 e. The average Bonchev–Trinajstić information content (AvgIpc) is 2.88. The third kappa shape index (κ3) is 2.53. The van der Waals surface area contributed by atoms with Gasteiger partial charge in [-0.05, 0) is 18.4 Å². The van der Waals surface area contributed by atoms with Crippen LogP contribution in [0.15, 0.2) is 26.1 Å². The van der Waals surface area contributed by atoms with Crippen molar-refractivity contribution in [2.24, 2.45) is 4.40 Å². The zero-order chi connectivity index (χ0) is 12.5. The predicted octanol–water partition coefficient (Wildman–Crippen LogP) is 1.39. The highest BCUT2D eigenvalue weighted by molar-refractivity contribution is 8.15. The molecule has 0 radical (unpaired) electrons. The van der Waals surface area contributed by atoms with Crippen LogP contribution in [0.5, 0.6) is 0 Å². The maximum Gasteiger partial charge on any atom is 0.294 e. The van der Waals surface area contributed by atoms with E-state index < -0.39 is 10.0 Å². The van der Waals surface area contributed by atoms with Crippen molar-refractivity contribution in [2.75, 3.05) is 12.3 Å². The predicted molar refractivity (Wildman–Crippen MR) is 68.8 cm³/mol. The van der Waals surface area contributed by atoms with Gasteiger partial charge in [0, 0.05) is 6.54 Å². The highest BCUT2D eigenvalue weighted by Gasteiger charge is 2.29. The Hall–Kier alpha value is -0.860. The summed E-state index contributed by atoms with van der Waals surface area (Å²) < 4.78 is 27.7. The quantitative estimate of drug-likeness (QED) is 0.843. The first-order valence-electron chi connectivity index (χ1n) is 4.86. The monoisotopic (exact) mass is 290 g/mol. The van der Waals surface area contributed by atoms with Gasteiger partial charge in [-0.3, -0.25) is 9.69 Å². The Balaban J connectivity index is 2.34. The summed E-state index contributed by atoms with van der Waals surface area (Å²) in [6.45, 7) is 2.22. The minimum atomic E-state index is -3.68. The fraction of sp³-hybridized carbons (Fsp3) is 0.333. The Labute approximate surface area is 108 Å². The van der Waals surface area contributed by atoms with E-state index in [1.165, 1.54) is 11.0 Å². The number of thioether (sulfide) groups is 1. The van der Waals surface area contributed by atoms with Crippen LogP contribution in [0.3, 0.4) is 0 Å². The van der Waals surface area contributed by atoms with Crippen molar-refractivity contribution >= 4 is 44.2 Å². The largest absolute Gasteiger partial charge is 0.294 e. The molecule has 0 aliphatic carbocycles. The first-order valence-corrected chi connectivity index (χ1v) is 8.17. The number of rotatable bonds is 3. The molecule has 0 unspecified atom stereocenters. The van der Waals surface area contributed by atoms with Gasteiger partial charge < -0.3 is 0 Å². The van der Waals surface area contributed by atoms with E-state index in [9.17, 15) is 13.2 Å². The van der Waals surface area contributed by atoms with E-state index in [0.717, 1.165) is 23.1 Å². The lowest BCUT2D eigenvalue weighted by atomic mass is 10.5. The van der Waals surface area contributed by atoms with Crippen LogP contribution in [-0.2, 0) is 14.8 Å². The molecule has 0 aromatic carbocycles. The molecule has 2 heterocycles. The molecule has 1 aromatic heterocycles. The van der Waals surface area contributed by atoms with Crippen molar-refractivity contribution in [2.45, 2.75) is 11.1 Å². The summed E-state index contributed by atoms with van der Waals surface area (Å²) in [5.74, 6) is 0.157. The lowest BCUT2D eigenvalue weighted by Crippen LogP contribution is -2.29. The molecule has 0 saturated carbocycles. The fourth-order valence-corrected chi connectivity index (χ4v) is 4.49. The van der Waals surface area contributed by atoms with Crippen LogP contribution in [0.4, 0.5) is 0 Å². The molecular weight excluding hydrogens is 280 g/mol. The molecule has 1 aliphatic rings. The third-order valence-electron chi connectivity index (χ3n) is 2.12. The number of hydrogen-bond donors (Lipinski definition) is 0. The van der Waals surface area contributed by atoms with Crippen molar-refractivity contribution in [3.05, 3.63) is 17.5 Å². The van der Waals surface area contributed by atoms with Gasteiger partial charge in [0.05, 0.1) is 5.75 Å². The molecule has 1 aliphatic heterocycles. The maximum absolute atomic E-state index is 11.9. The van der Waals surface area contributed by atoms with Crippen molar-refractivity contribution in [1.82, 2.24) is 4.90 Å². The Kier molecular flexibility index (Phi) is 3.55. The van der Waals surface area contributed by atoms with E-state index in [1.807, 2.05) is 0 Å². The Morgan fingerprint density at radius 1 is 1.53 bits per heavy atom. The van der Waals surface area contributed by atoms with Crippen LogP contribution in [0.2, 0.25) is 0 Å². The minimum absolute atomic E-state index is 0.0994. The van der Waals surface area contributed by atoms with E-state index >= 15 is 0 Å². The second-order valence-electron chi connectivity index (χ2n) is 3.21. The van der Waals surface area contributed by atoms with Gasteiger partial charge in [-0.15, -0.1) is 15.7 Å². The molecule has 0 spiro atoms. The lowest BCUT2D eigenvalue weighted by molar-refractivity contribution is -0.123. The van der Waals surface area contributed by atoms with Gasteiger partial charge in [0.15, 0.2) is 5.17 Å². The summed E-state index contributed by atoms with van der Waals surface area (Å²) in [7, 11) is -3.68. The molecule has 1 fully saturated rings. The van der Waals surface area contributed by atoms with Crippen LogP contribution < -0.4 is 0 Å². The fourth-order valence-electron chi connectivity index (χ4n) is 1.33. The number of sulfonamides is 1. The number of thiophene rings is 1. The molecule has 2 rings (SSSR count). The first-order chi connectivity index (χ1) is 8.04. The summed E-state index contributed by atoms with van der Waals surface area (Å²) >= 11 is 2.27. The third-order valence-corrected chi connectivity index (χ3v) is 5.84. The molecule has 5 nitrogen and oxygen atoms in total. The number of hydrogen-bond acceptors (Lipinski definition) is 5. The van der Waals surface area contributed by atoms with Gasteiger partial charge in [-0.25, -0.2) is 0 Å². The summed E-state index contributed by atoms with van der Waals surface area (Å²) in [4.78, 5) is 12.8. The van der Waals surface area contributed by atoms with Crippen LogP contribution in [0.25, 0.3) is 0 Å². The van der Waals surface area contributed by atoms with E-state index in [1.54, 1.807) is 18.4 Å². The molecule has 1 amide bonds. The zero-order valence-electron chi connectivity index (χ0n) is 8.99. The van der Waals surface area contributed by atoms with Gasteiger partial charge in [0.1, 0.15) is 4.21 Å². The van der Waals surface area contributed by atoms with Crippen molar-refractivity contribution in [3.63, 3.8) is 0 Å². The molecule has 1 saturated heterocycles. The normalized spacial score (nSPS) is 19.2. The Bertz CT molecular complexity index is 548. The summed E-state index contributed by atoms with van der Waals surface area (Å²) in [5, 5.41) is 1.95. The second-order valence-corrected chi connectivity index (χ2v) is 6.93. The van der Waals surface area contributed by atoms with Crippen molar-refractivity contribution in [1.29, 1.82) is 0 Å². The number of carbonyl (C=O) groups is 1. The van der Waals surface area contributed by atoms with E-state index in [0.29, 0.717) is 6.54 Å². The molecule has 1 aromatic rings. The summed E-state index contributed by atoms with van der Waals surface area (Å²) in [6.07, 6.45) is 0. The molecule has 0 bridgehead atoms. The molecular formula is C9H10N2O3S3. The SMILES string of the molecule is CCN1C(=O)CS/C1=N\S(=O)(=O)c1cccs1. The minimum Gasteiger partial charge on any atom is -0.290 e. The average molecular weight is 290 g/mol. The van der Waals surface area contributed by atoms with E-state index in [4.69, 9.17) is 0 Å². The van der Waals surface area contributed by atoms with Gasteiger partial charge in [0.2, 0.25) is 5.91 Å². The lowest BCUT2D eigenvalue weighted by Gasteiger charge is -2.11. The van der Waals surface area contributed by atoms with Crippen LogP contribution in [0, 0.1) is 0 Å².